The molecule has 0 radical (unpaired) electrons. The van der Waals surface area contributed by atoms with Gasteiger partial charge >= 0.3 is 0 Å². The van der Waals surface area contributed by atoms with Gasteiger partial charge in [-0.25, -0.2) is 4.68 Å². The highest BCUT2D eigenvalue weighted by Crippen LogP contribution is 2.32. The van der Waals surface area contributed by atoms with Crippen LogP contribution in [0.4, 0.5) is 0 Å². The van der Waals surface area contributed by atoms with E-state index in [0.29, 0.717) is 0 Å². The van der Waals surface area contributed by atoms with Gasteiger partial charge < -0.3 is 10.3 Å². The Bertz CT molecular complexity index is 928. The van der Waals surface area contributed by atoms with E-state index in [0.717, 1.165) is 17.2 Å². The van der Waals surface area contributed by atoms with Gasteiger partial charge in [0.15, 0.2) is 5.82 Å². The van der Waals surface area contributed by atoms with Gasteiger partial charge in [-0.2, -0.15) is 0 Å². The Hall–Kier alpha value is -2.12. The van der Waals surface area contributed by atoms with Crippen LogP contribution in [0, 0.1) is 6.92 Å². The van der Waals surface area contributed by atoms with Crippen molar-refractivity contribution in [1.82, 2.24) is 25.1 Å². The fourth-order valence-corrected chi connectivity index (χ4v) is 4.01. The zero-order chi connectivity index (χ0) is 19.0. The molecule has 1 unspecified atom stereocenters. The highest BCUT2D eigenvalue weighted by Gasteiger charge is 2.30. The minimum absolute atomic E-state index is 0. The minimum Gasteiger partial charge on any atom is -0.301 e. The van der Waals surface area contributed by atoms with Gasteiger partial charge in [-0.15, -0.1) is 35.0 Å². The standard InChI is InChI=1S/C21H26N6.2ClH/c1-14(19(26(3)4)16-10-6-5-7-11-16)22-20-17-12-8-9-13-18(17)21-24-23-15(2)27(21)25-20;;/h5-14,19-20,22,25H,1-4H3;2*1H/t14-,19+,20?;;/m0../s1. The maximum absolute atomic E-state index is 4.34. The Morgan fingerprint density at radius 3 is 2.34 bits per heavy atom. The molecular formula is C21H28Cl2N6. The number of nitrogens with one attached hydrogen (secondary N) is 2. The molecule has 2 N–H and O–H groups in total. The van der Waals surface area contributed by atoms with Crippen LogP contribution in [0.25, 0.3) is 11.4 Å². The number of rotatable bonds is 5. The Morgan fingerprint density at radius 1 is 1.00 bits per heavy atom. The van der Waals surface area contributed by atoms with Gasteiger partial charge in [0, 0.05) is 23.2 Å². The first kappa shape index (κ1) is 23.2. The number of hydrogen-bond donors (Lipinski definition) is 2. The van der Waals surface area contributed by atoms with Crippen LogP contribution in [-0.2, 0) is 0 Å². The molecule has 1 aromatic heterocycles. The summed E-state index contributed by atoms with van der Waals surface area (Å²) in [7, 11) is 4.25. The molecule has 3 atom stereocenters. The quantitative estimate of drug-likeness (QED) is 0.636. The van der Waals surface area contributed by atoms with Crippen molar-refractivity contribution in [2.75, 3.05) is 19.5 Å². The van der Waals surface area contributed by atoms with Crippen molar-refractivity contribution in [2.45, 2.75) is 32.1 Å². The predicted octanol–water partition coefficient (Wildman–Crippen LogP) is 3.93. The summed E-state index contributed by atoms with van der Waals surface area (Å²) in [5.41, 5.74) is 7.14. The number of nitrogens with zero attached hydrogens (tertiary/aromatic N) is 4. The lowest BCUT2D eigenvalue weighted by molar-refractivity contribution is 0.229. The molecule has 2 aromatic carbocycles. The number of likely N-dealkylation sites (N-methyl/N-ethyl adjacent to an activating group) is 1. The molecule has 2 heterocycles. The van der Waals surface area contributed by atoms with Gasteiger partial charge in [-0.3, -0.25) is 5.32 Å². The van der Waals surface area contributed by atoms with E-state index >= 15 is 0 Å². The first-order chi connectivity index (χ1) is 13.1. The second kappa shape index (κ2) is 9.59. The summed E-state index contributed by atoms with van der Waals surface area (Å²) in [4.78, 5) is 2.26. The fourth-order valence-electron chi connectivity index (χ4n) is 4.01. The summed E-state index contributed by atoms with van der Waals surface area (Å²) in [6, 6.07) is 19.5. The van der Waals surface area contributed by atoms with Crippen LogP contribution in [-0.4, -0.2) is 39.9 Å². The second-order valence-electron chi connectivity index (χ2n) is 7.33. The topological polar surface area (TPSA) is 58.0 Å². The van der Waals surface area contributed by atoms with Crippen molar-refractivity contribution in [2.24, 2.45) is 0 Å². The number of aromatic nitrogens is 3. The number of fused-ring (bicyclic) bond motifs is 3. The first-order valence-corrected chi connectivity index (χ1v) is 9.31. The lowest BCUT2D eigenvalue weighted by Crippen LogP contribution is -2.46. The van der Waals surface area contributed by atoms with Crippen LogP contribution in [0.3, 0.4) is 0 Å². The van der Waals surface area contributed by atoms with Crippen LogP contribution in [0.1, 0.15) is 36.1 Å². The summed E-state index contributed by atoms with van der Waals surface area (Å²) < 4.78 is 1.97. The van der Waals surface area contributed by atoms with Crippen molar-refractivity contribution >= 4 is 24.8 Å². The molecule has 1 aliphatic rings. The summed E-state index contributed by atoms with van der Waals surface area (Å²) in [5.74, 6) is 1.71. The molecule has 8 heteroatoms. The normalized spacial score (nSPS) is 16.5. The van der Waals surface area contributed by atoms with E-state index < -0.39 is 0 Å². The molecule has 4 rings (SSSR count). The third-order valence-electron chi connectivity index (χ3n) is 5.20. The average molecular weight is 435 g/mol. The zero-order valence-electron chi connectivity index (χ0n) is 17.0. The molecule has 1 aliphatic heterocycles. The van der Waals surface area contributed by atoms with Crippen LogP contribution in [0.15, 0.2) is 54.6 Å². The van der Waals surface area contributed by atoms with Crippen molar-refractivity contribution in [3.05, 3.63) is 71.5 Å². The number of benzene rings is 2. The van der Waals surface area contributed by atoms with Crippen LogP contribution in [0.2, 0.25) is 0 Å². The third-order valence-corrected chi connectivity index (χ3v) is 5.20. The zero-order valence-corrected chi connectivity index (χ0v) is 18.7. The molecule has 0 amide bonds. The van der Waals surface area contributed by atoms with Crippen LogP contribution < -0.4 is 10.7 Å². The minimum atomic E-state index is -0.0236. The number of hydrogen-bond acceptors (Lipinski definition) is 5. The molecule has 0 spiro atoms. The average Bonchev–Trinajstić information content (AvgIpc) is 3.04. The highest BCUT2D eigenvalue weighted by atomic mass is 35.5. The summed E-state index contributed by atoms with van der Waals surface area (Å²) >= 11 is 0. The highest BCUT2D eigenvalue weighted by molar-refractivity contribution is 5.85. The first-order valence-electron chi connectivity index (χ1n) is 9.31. The monoisotopic (exact) mass is 434 g/mol. The maximum Gasteiger partial charge on any atom is 0.183 e. The Balaban J connectivity index is 0.00000150. The van der Waals surface area contributed by atoms with E-state index in [-0.39, 0.29) is 43.1 Å². The van der Waals surface area contributed by atoms with E-state index in [1.54, 1.807) is 0 Å². The van der Waals surface area contributed by atoms with E-state index in [1.807, 2.05) is 17.7 Å². The van der Waals surface area contributed by atoms with E-state index in [1.165, 1.54) is 11.1 Å². The van der Waals surface area contributed by atoms with Crippen molar-refractivity contribution < 1.29 is 0 Å². The predicted molar refractivity (Wildman–Crippen MR) is 122 cm³/mol. The van der Waals surface area contributed by atoms with Gasteiger partial charge in [-0.05, 0) is 33.5 Å². The van der Waals surface area contributed by atoms with Crippen LogP contribution in [0.5, 0.6) is 0 Å². The van der Waals surface area contributed by atoms with E-state index in [9.17, 15) is 0 Å². The van der Waals surface area contributed by atoms with Crippen molar-refractivity contribution in [1.29, 1.82) is 0 Å². The third kappa shape index (κ3) is 4.41. The van der Waals surface area contributed by atoms with Gasteiger partial charge in [0.05, 0.1) is 0 Å². The van der Waals surface area contributed by atoms with E-state index in [2.05, 4.69) is 95.4 Å². The molecule has 29 heavy (non-hydrogen) atoms. The molecule has 0 saturated carbocycles. The molecule has 0 aliphatic carbocycles. The fraction of sp³-hybridized carbons (Fsp3) is 0.333. The van der Waals surface area contributed by atoms with Crippen LogP contribution >= 0.6 is 24.8 Å². The van der Waals surface area contributed by atoms with Crippen molar-refractivity contribution in [3.8, 4) is 11.4 Å². The van der Waals surface area contributed by atoms with Gasteiger partial charge in [0.2, 0.25) is 0 Å². The largest absolute Gasteiger partial charge is 0.301 e. The Morgan fingerprint density at radius 2 is 1.66 bits per heavy atom. The SMILES string of the molecule is Cc1nnc2n1NC(N[C@@H](C)[C@H](c1ccccc1)N(C)C)c1ccccc1-2.Cl.Cl. The van der Waals surface area contributed by atoms with Crippen molar-refractivity contribution in [3.63, 3.8) is 0 Å². The molecule has 0 fully saturated rings. The van der Waals surface area contributed by atoms with Gasteiger partial charge in [0.25, 0.3) is 0 Å². The number of aryl methyl sites for hydroxylation is 1. The summed E-state index contributed by atoms with van der Waals surface area (Å²) in [6.07, 6.45) is -0.0236. The lowest BCUT2D eigenvalue weighted by Gasteiger charge is -2.36. The lowest BCUT2D eigenvalue weighted by atomic mass is 9.97. The van der Waals surface area contributed by atoms with E-state index in [4.69, 9.17) is 0 Å². The maximum atomic E-state index is 4.34. The Kier molecular flexibility index (Phi) is 7.66. The molecule has 156 valence electrons. The smallest absolute Gasteiger partial charge is 0.183 e. The summed E-state index contributed by atoms with van der Waals surface area (Å²) in [5, 5.41) is 12.4. The second-order valence-corrected chi connectivity index (χ2v) is 7.33. The number of halogens is 2. The molecule has 0 bridgehead atoms. The molecule has 0 saturated heterocycles. The summed E-state index contributed by atoms with van der Waals surface area (Å²) in [6.45, 7) is 4.20. The molecule has 3 aromatic rings. The molecular weight excluding hydrogens is 407 g/mol. The molecule has 6 nitrogen and oxygen atoms in total. The van der Waals surface area contributed by atoms with Gasteiger partial charge in [-0.1, -0.05) is 54.6 Å². The van der Waals surface area contributed by atoms with Gasteiger partial charge in [0.1, 0.15) is 12.0 Å². The Labute approximate surface area is 184 Å².